The maximum absolute atomic E-state index is 12.1. The van der Waals surface area contributed by atoms with E-state index in [4.69, 9.17) is 14.2 Å². The first-order valence-corrected chi connectivity index (χ1v) is 8.06. The zero-order valence-electron chi connectivity index (χ0n) is 13.5. The van der Waals surface area contributed by atoms with E-state index in [1.54, 1.807) is 24.3 Å². The third-order valence-corrected chi connectivity index (χ3v) is 4.13. The van der Waals surface area contributed by atoms with Gasteiger partial charge in [0, 0.05) is 9.13 Å². The molecule has 1 amide bonds. The van der Waals surface area contributed by atoms with Gasteiger partial charge in [0.2, 0.25) is 5.75 Å². The normalized spacial score (nSPS) is 10.5. The first kappa shape index (κ1) is 18.1. The molecule has 0 aromatic heterocycles. The molecular weight excluding hydrogens is 423 g/mol. The molecule has 126 valence electrons. The fourth-order valence-electron chi connectivity index (χ4n) is 2.05. The minimum Gasteiger partial charge on any atom is -0.493 e. The maximum atomic E-state index is 12.1. The average molecular weight is 440 g/mol. The Labute approximate surface area is 153 Å². The summed E-state index contributed by atoms with van der Waals surface area (Å²) in [7, 11) is 4.62. The minimum absolute atomic E-state index is 0.274. The van der Waals surface area contributed by atoms with E-state index in [2.05, 4.69) is 33.1 Å². The molecule has 0 unspecified atom stereocenters. The Morgan fingerprint density at radius 1 is 1.08 bits per heavy atom. The number of hydrogen-bond acceptors (Lipinski definition) is 5. The van der Waals surface area contributed by atoms with Gasteiger partial charge in [0.05, 0.1) is 33.1 Å². The first-order valence-electron chi connectivity index (χ1n) is 6.98. The second-order valence-corrected chi connectivity index (χ2v) is 5.80. The van der Waals surface area contributed by atoms with E-state index in [0.717, 1.165) is 3.57 Å². The summed E-state index contributed by atoms with van der Waals surface area (Å²) in [5.74, 6) is 1.26. The molecule has 2 aromatic carbocycles. The van der Waals surface area contributed by atoms with E-state index in [0.29, 0.717) is 28.4 Å². The molecule has 0 aliphatic carbocycles. The molecule has 24 heavy (non-hydrogen) atoms. The number of halogens is 1. The molecule has 0 saturated heterocycles. The number of methoxy groups -OCH3 is 3. The highest BCUT2D eigenvalue weighted by atomic mass is 127. The topological polar surface area (TPSA) is 69.2 Å². The Kier molecular flexibility index (Phi) is 6.42. The standard InChI is InChI=1S/C17H17IN2O4/c1-22-14-8-11(9-15(23-2)16(14)24-3)10-19-20-17(21)12-6-4-5-7-13(12)18/h4-10H,1-3H3,(H,20,21)/b19-10+. The Balaban J connectivity index is 2.17. The summed E-state index contributed by atoms with van der Waals surface area (Å²) in [5, 5.41) is 3.99. The summed E-state index contributed by atoms with van der Waals surface area (Å²) in [5.41, 5.74) is 3.78. The van der Waals surface area contributed by atoms with Crippen LogP contribution >= 0.6 is 22.6 Å². The number of nitrogens with one attached hydrogen (secondary N) is 1. The monoisotopic (exact) mass is 440 g/mol. The van der Waals surface area contributed by atoms with Crippen LogP contribution in [0.5, 0.6) is 17.2 Å². The molecule has 0 aliphatic heterocycles. The highest BCUT2D eigenvalue weighted by Gasteiger charge is 2.12. The van der Waals surface area contributed by atoms with Gasteiger partial charge in [0.1, 0.15) is 0 Å². The van der Waals surface area contributed by atoms with E-state index >= 15 is 0 Å². The van der Waals surface area contributed by atoms with Gasteiger partial charge < -0.3 is 14.2 Å². The number of benzene rings is 2. The van der Waals surface area contributed by atoms with E-state index in [-0.39, 0.29) is 5.91 Å². The molecule has 0 radical (unpaired) electrons. The van der Waals surface area contributed by atoms with E-state index in [1.165, 1.54) is 27.5 Å². The third-order valence-electron chi connectivity index (χ3n) is 3.19. The predicted molar refractivity (Wildman–Crippen MR) is 100 cm³/mol. The van der Waals surface area contributed by atoms with Crippen LogP contribution in [0.1, 0.15) is 15.9 Å². The van der Waals surface area contributed by atoms with E-state index in [1.807, 2.05) is 12.1 Å². The number of carbonyl (C=O) groups excluding carboxylic acids is 1. The summed E-state index contributed by atoms with van der Waals surface area (Å²) in [4.78, 5) is 12.1. The van der Waals surface area contributed by atoms with Crippen LogP contribution in [0.4, 0.5) is 0 Å². The number of carbonyl (C=O) groups is 1. The number of rotatable bonds is 6. The van der Waals surface area contributed by atoms with Gasteiger partial charge in [0.25, 0.3) is 5.91 Å². The molecule has 6 nitrogen and oxygen atoms in total. The third kappa shape index (κ3) is 4.16. The largest absolute Gasteiger partial charge is 0.493 e. The lowest BCUT2D eigenvalue weighted by Crippen LogP contribution is -2.18. The quantitative estimate of drug-likeness (QED) is 0.426. The molecule has 0 fully saturated rings. The SMILES string of the molecule is COc1cc(/C=N/NC(=O)c2ccccc2I)cc(OC)c1OC. The van der Waals surface area contributed by atoms with Gasteiger partial charge in [-0.25, -0.2) is 5.43 Å². The van der Waals surface area contributed by atoms with Crippen molar-refractivity contribution in [2.45, 2.75) is 0 Å². The summed E-state index contributed by atoms with van der Waals surface area (Å²) >= 11 is 2.11. The van der Waals surface area contributed by atoms with Gasteiger partial charge in [-0.3, -0.25) is 4.79 Å². The van der Waals surface area contributed by atoms with Crippen LogP contribution in [0.15, 0.2) is 41.5 Å². The molecule has 0 spiro atoms. The molecule has 0 heterocycles. The van der Waals surface area contributed by atoms with Crippen molar-refractivity contribution in [1.82, 2.24) is 5.43 Å². The smallest absolute Gasteiger partial charge is 0.272 e. The average Bonchev–Trinajstić information content (AvgIpc) is 2.60. The number of hydrazone groups is 1. The molecule has 0 atom stereocenters. The molecule has 0 saturated carbocycles. The zero-order chi connectivity index (χ0) is 17.5. The lowest BCUT2D eigenvalue weighted by Gasteiger charge is -2.12. The zero-order valence-corrected chi connectivity index (χ0v) is 15.7. The fraction of sp³-hybridized carbons (Fsp3) is 0.176. The second-order valence-electron chi connectivity index (χ2n) is 4.64. The van der Waals surface area contributed by atoms with Crippen LogP contribution in [-0.4, -0.2) is 33.5 Å². The van der Waals surface area contributed by atoms with Crippen molar-refractivity contribution >= 4 is 34.7 Å². The van der Waals surface area contributed by atoms with Crippen LogP contribution in [0.3, 0.4) is 0 Å². The summed E-state index contributed by atoms with van der Waals surface area (Å²) in [6.45, 7) is 0. The van der Waals surface area contributed by atoms with Crippen molar-refractivity contribution in [2.75, 3.05) is 21.3 Å². The Morgan fingerprint density at radius 3 is 2.25 bits per heavy atom. The van der Waals surface area contributed by atoms with Gasteiger partial charge in [-0.05, 0) is 46.9 Å². The lowest BCUT2D eigenvalue weighted by molar-refractivity contribution is 0.0954. The highest BCUT2D eigenvalue weighted by molar-refractivity contribution is 14.1. The van der Waals surface area contributed by atoms with Crippen molar-refractivity contribution in [3.8, 4) is 17.2 Å². The molecule has 7 heteroatoms. The van der Waals surface area contributed by atoms with Crippen LogP contribution in [0, 0.1) is 3.57 Å². The number of hydrogen-bond donors (Lipinski definition) is 1. The Hall–Kier alpha value is -2.29. The second kappa shape index (κ2) is 8.53. The molecular formula is C17H17IN2O4. The highest BCUT2D eigenvalue weighted by Crippen LogP contribution is 2.37. The Morgan fingerprint density at radius 2 is 1.71 bits per heavy atom. The van der Waals surface area contributed by atoms with Crippen LogP contribution in [-0.2, 0) is 0 Å². The fourth-order valence-corrected chi connectivity index (χ4v) is 2.68. The Bertz CT molecular complexity index is 737. The summed E-state index contributed by atoms with van der Waals surface area (Å²) in [6.07, 6.45) is 1.51. The van der Waals surface area contributed by atoms with Crippen molar-refractivity contribution < 1.29 is 19.0 Å². The van der Waals surface area contributed by atoms with E-state index < -0.39 is 0 Å². The molecule has 2 rings (SSSR count). The van der Waals surface area contributed by atoms with Gasteiger partial charge >= 0.3 is 0 Å². The predicted octanol–water partition coefficient (Wildman–Crippen LogP) is 3.08. The lowest BCUT2D eigenvalue weighted by atomic mass is 10.2. The minimum atomic E-state index is -0.274. The van der Waals surface area contributed by atoms with Gasteiger partial charge in [-0.2, -0.15) is 5.10 Å². The van der Waals surface area contributed by atoms with Gasteiger partial charge in [-0.1, -0.05) is 12.1 Å². The molecule has 1 N–H and O–H groups in total. The van der Waals surface area contributed by atoms with Gasteiger partial charge in [0.15, 0.2) is 11.5 Å². The summed E-state index contributed by atoms with van der Waals surface area (Å²) in [6, 6.07) is 10.8. The molecule has 0 aliphatic rings. The van der Waals surface area contributed by atoms with Crippen molar-refractivity contribution in [2.24, 2.45) is 5.10 Å². The van der Waals surface area contributed by atoms with Gasteiger partial charge in [-0.15, -0.1) is 0 Å². The number of nitrogens with zero attached hydrogens (tertiary/aromatic N) is 1. The van der Waals surface area contributed by atoms with E-state index in [9.17, 15) is 4.79 Å². The number of ether oxygens (including phenoxy) is 3. The van der Waals surface area contributed by atoms with Crippen molar-refractivity contribution in [3.63, 3.8) is 0 Å². The first-order chi connectivity index (χ1) is 11.6. The van der Waals surface area contributed by atoms with Crippen LogP contribution in [0.25, 0.3) is 0 Å². The summed E-state index contributed by atoms with van der Waals surface area (Å²) < 4.78 is 16.7. The molecule has 0 bridgehead atoms. The molecule has 2 aromatic rings. The van der Waals surface area contributed by atoms with Crippen LogP contribution in [0.2, 0.25) is 0 Å². The maximum Gasteiger partial charge on any atom is 0.272 e. The van der Waals surface area contributed by atoms with Crippen LogP contribution < -0.4 is 19.6 Å². The van der Waals surface area contributed by atoms with Crippen molar-refractivity contribution in [3.05, 3.63) is 51.1 Å². The number of amides is 1. The van der Waals surface area contributed by atoms with Crippen molar-refractivity contribution in [1.29, 1.82) is 0 Å².